The lowest BCUT2D eigenvalue weighted by molar-refractivity contribution is 0.207. The molecule has 1 N–H and O–H groups in total. The molecule has 3 amide bonds. The second-order valence-electron chi connectivity index (χ2n) is 7.38. The Labute approximate surface area is 184 Å². The van der Waals surface area contributed by atoms with E-state index >= 15 is 0 Å². The Bertz CT molecular complexity index is 1010. The molecular formula is C24H24N2O2S2. The molecule has 3 aromatic carbocycles. The van der Waals surface area contributed by atoms with E-state index in [1.165, 1.54) is 28.5 Å². The zero-order valence-corrected chi connectivity index (χ0v) is 18.3. The van der Waals surface area contributed by atoms with E-state index in [0.717, 1.165) is 29.2 Å². The first-order valence-corrected chi connectivity index (χ1v) is 12.4. The minimum Gasteiger partial charge on any atom is -0.307 e. The lowest BCUT2D eigenvalue weighted by atomic mass is 10.1. The normalized spacial score (nSPS) is 14.0. The number of nitrogens with one attached hydrogen (secondary N) is 1. The van der Waals surface area contributed by atoms with Crippen LogP contribution in [0.25, 0.3) is 10.8 Å². The number of hydrogen-bond acceptors (Lipinski definition) is 4. The Balaban J connectivity index is 1.52. The van der Waals surface area contributed by atoms with Crippen LogP contribution in [0.1, 0.15) is 31.2 Å². The lowest BCUT2D eigenvalue weighted by Crippen LogP contribution is -2.37. The molecule has 0 radical (unpaired) electrons. The van der Waals surface area contributed by atoms with Crippen LogP contribution in [0.3, 0.4) is 0 Å². The summed E-state index contributed by atoms with van der Waals surface area (Å²) < 4.78 is 0. The number of carbonyl (C=O) groups is 2. The maximum absolute atomic E-state index is 13.2. The number of nitrogens with zero attached hydrogens (tertiary/aromatic N) is 1. The maximum atomic E-state index is 13.2. The number of benzene rings is 3. The molecular weight excluding hydrogens is 412 g/mol. The van der Waals surface area contributed by atoms with Gasteiger partial charge in [-0.1, -0.05) is 90.4 Å². The molecule has 0 unspecified atom stereocenters. The van der Waals surface area contributed by atoms with Crippen molar-refractivity contribution in [2.24, 2.45) is 0 Å². The predicted octanol–water partition coefficient (Wildman–Crippen LogP) is 7.32. The average Bonchev–Trinajstić information content (AvgIpc) is 3.30. The summed E-state index contributed by atoms with van der Waals surface area (Å²) >= 11 is 0. The minimum atomic E-state index is -0.403. The van der Waals surface area contributed by atoms with Gasteiger partial charge in [0.1, 0.15) is 0 Å². The van der Waals surface area contributed by atoms with E-state index in [1.807, 2.05) is 72.8 Å². The van der Waals surface area contributed by atoms with Gasteiger partial charge in [0.05, 0.1) is 12.2 Å². The van der Waals surface area contributed by atoms with Crippen LogP contribution in [0.4, 0.5) is 15.3 Å². The molecule has 0 heterocycles. The smallest absolute Gasteiger partial charge is 0.307 e. The van der Waals surface area contributed by atoms with Gasteiger partial charge in [-0.2, -0.15) is 0 Å². The lowest BCUT2D eigenvalue weighted by Gasteiger charge is -2.22. The second-order valence-corrected chi connectivity index (χ2v) is 9.83. The van der Waals surface area contributed by atoms with Crippen LogP contribution in [0, 0.1) is 0 Å². The van der Waals surface area contributed by atoms with Crippen molar-refractivity contribution >= 4 is 49.3 Å². The largest absolute Gasteiger partial charge is 0.329 e. The molecule has 4 nitrogen and oxygen atoms in total. The molecule has 0 saturated heterocycles. The Kier molecular flexibility index (Phi) is 6.97. The van der Waals surface area contributed by atoms with Gasteiger partial charge in [-0.25, -0.2) is 9.69 Å². The van der Waals surface area contributed by atoms with Gasteiger partial charge in [0.2, 0.25) is 0 Å². The van der Waals surface area contributed by atoms with Crippen molar-refractivity contribution < 1.29 is 9.59 Å². The number of fused-ring (bicyclic) bond motifs is 1. The van der Waals surface area contributed by atoms with Crippen molar-refractivity contribution in [3.05, 3.63) is 78.4 Å². The van der Waals surface area contributed by atoms with Crippen LogP contribution in [0.5, 0.6) is 0 Å². The van der Waals surface area contributed by atoms with Crippen LogP contribution >= 0.6 is 21.6 Å². The molecule has 0 aromatic heterocycles. The van der Waals surface area contributed by atoms with Crippen LogP contribution in [0.15, 0.2) is 72.8 Å². The van der Waals surface area contributed by atoms with Crippen LogP contribution in [-0.2, 0) is 6.54 Å². The summed E-state index contributed by atoms with van der Waals surface area (Å²) in [6.45, 7) is 0.245. The molecule has 0 bridgehead atoms. The fourth-order valence-electron chi connectivity index (χ4n) is 3.64. The molecule has 0 aliphatic heterocycles. The van der Waals surface area contributed by atoms with Crippen molar-refractivity contribution in [3.8, 4) is 0 Å². The summed E-state index contributed by atoms with van der Waals surface area (Å²) in [5, 5.41) is 5.22. The zero-order chi connectivity index (χ0) is 20.8. The van der Waals surface area contributed by atoms with Crippen molar-refractivity contribution in [1.82, 2.24) is 4.90 Å². The van der Waals surface area contributed by atoms with E-state index in [1.54, 1.807) is 10.8 Å². The first-order valence-electron chi connectivity index (χ1n) is 10.2. The minimum absolute atomic E-state index is 0.228. The molecule has 3 aromatic rings. The number of amides is 3. The van der Waals surface area contributed by atoms with Crippen molar-refractivity contribution in [2.75, 3.05) is 5.32 Å². The third kappa shape index (κ3) is 5.18. The Morgan fingerprint density at radius 2 is 1.60 bits per heavy atom. The molecule has 0 spiro atoms. The SMILES string of the molecule is O=C(Nc1cccc2ccccc12)N(Cc1ccccc1)C(=O)SSC1CCCC1. The number of urea groups is 1. The van der Waals surface area contributed by atoms with Gasteiger partial charge < -0.3 is 5.32 Å². The highest BCUT2D eigenvalue weighted by Gasteiger charge is 2.25. The number of imide groups is 1. The molecule has 1 saturated carbocycles. The first-order chi connectivity index (χ1) is 14.7. The molecule has 1 fully saturated rings. The van der Waals surface area contributed by atoms with E-state index in [2.05, 4.69) is 5.32 Å². The number of rotatable bonds is 5. The van der Waals surface area contributed by atoms with Crippen molar-refractivity contribution in [2.45, 2.75) is 37.5 Å². The summed E-state index contributed by atoms with van der Waals surface area (Å²) in [5.41, 5.74) is 1.63. The summed E-state index contributed by atoms with van der Waals surface area (Å²) in [6.07, 6.45) is 4.74. The summed E-state index contributed by atoms with van der Waals surface area (Å²) in [7, 11) is 2.79. The van der Waals surface area contributed by atoms with Gasteiger partial charge >= 0.3 is 11.3 Å². The highest BCUT2D eigenvalue weighted by molar-refractivity contribution is 8.82. The monoisotopic (exact) mass is 436 g/mol. The quantitative estimate of drug-likeness (QED) is 0.426. The average molecular weight is 437 g/mol. The van der Waals surface area contributed by atoms with Crippen molar-refractivity contribution in [1.29, 1.82) is 0 Å². The van der Waals surface area contributed by atoms with Crippen LogP contribution < -0.4 is 5.32 Å². The maximum Gasteiger partial charge on any atom is 0.329 e. The van der Waals surface area contributed by atoms with Crippen molar-refractivity contribution in [3.63, 3.8) is 0 Å². The third-order valence-electron chi connectivity index (χ3n) is 5.24. The fourth-order valence-corrected chi connectivity index (χ4v) is 6.13. The third-order valence-corrected chi connectivity index (χ3v) is 7.97. The first kappa shape index (κ1) is 20.8. The summed E-state index contributed by atoms with van der Waals surface area (Å²) in [5.74, 6) is 0. The predicted molar refractivity (Wildman–Crippen MR) is 128 cm³/mol. The van der Waals surface area contributed by atoms with Crippen LogP contribution in [-0.4, -0.2) is 21.4 Å². The van der Waals surface area contributed by atoms with Gasteiger partial charge in [0.15, 0.2) is 0 Å². The fraction of sp³-hybridized carbons (Fsp3) is 0.250. The van der Waals surface area contributed by atoms with E-state index in [0.29, 0.717) is 10.9 Å². The molecule has 6 heteroatoms. The van der Waals surface area contributed by atoms with Gasteiger partial charge in [0.25, 0.3) is 0 Å². The van der Waals surface area contributed by atoms with E-state index < -0.39 is 6.03 Å². The summed E-state index contributed by atoms with van der Waals surface area (Å²) in [6, 6.07) is 22.9. The topological polar surface area (TPSA) is 49.4 Å². The van der Waals surface area contributed by atoms with E-state index in [4.69, 9.17) is 0 Å². The highest BCUT2D eigenvalue weighted by atomic mass is 33.1. The Morgan fingerprint density at radius 3 is 2.40 bits per heavy atom. The standard InChI is InChI=1S/C24H24N2O2S2/c27-23(25-22-16-8-12-19-11-4-7-15-21(19)22)26(17-18-9-2-1-3-10-18)24(28)30-29-20-13-5-6-14-20/h1-4,7-12,15-16,20H,5-6,13-14,17H2,(H,25,27). The molecule has 0 atom stereocenters. The molecule has 30 heavy (non-hydrogen) atoms. The zero-order valence-electron chi connectivity index (χ0n) is 16.6. The van der Waals surface area contributed by atoms with E-state index in [-0.39, 0.29) is 11.8 Å². The van der Waals surface area contributed by atoms with E-state index in [9.17, 15) is 9.59 Å². The highest BCUT2D eigenvalue weighted by Crippen LogP contribution is 2.38. The molecule has 4 rings (SSSR count). The number of hydrogen-bond donors (Lipinski definition) is 1. The van der Waals surface area contributed by atoms with Gasteiger partial charge in [-0.3, -0.25) is 4.79 Å². The molecule has 1 aliphatic rings. The number of carbonyl (C=O) groups excluding carboxylic acids is 2. The summed E-state index contributed by atoms with van der Waals surface area (Å²) in [4.78, 5) is 27.5. The Hall–Kier alpha value is -2.44. The van der Waals surface area contributed by atoms with Gasteiger partial charge in [0, 0.05) is 21.4 Å². The number of anilines is 1. The molecule has 1 aliphatic carbocycles. The molecule has 154 valence electrons. The van der Waals surface area contributed by atoms with Crippen LogP contribution in [0.2, 0.25) is 0 Å². The Morgan fingerprint density at radius 1 is 0.900 bits per heavy atom. The second kappa shape index (κ2) is 10.0. The van der Waals surface area contributed by atoms with Gasteiger partial charge in [-0.05, 0) is 29.9 Å². The van der Waals surface area contributed by atoms with Gasteiger partial charge in [-0.15, -0.1) is 0 Å².